The molecule has 100 valence electrons. The largest absolute Gasteiger partial charge is 0.495 e. The van der Waals surface area contributed by atoms with E-state index in [-0.39, 0.29) is 10.9 Å². The van der Waals surface area contributed by atoms with Gasteiger partial charge in [-0.2, -0.15) is 4.31 Å². The zero-order chi connectivity index (χ0) is 13.2. The number of piperazine rings is 1. The molecule has 0 radical (unpaired) electrons. The van der Waals surface area contributed by atoms with Crippen molar-refractivity contribution in [2.24, 2.45) is 0 Å². The quantitative estimate of drug-likeness (QED) is 0.877. The summed E-state index contributed by atoms with van der Waals surface area (Å²) in [4.78, 5) is 0.237. The highest BCUT2D eigenvalue weighted by atomic mass is 32.2. The van der Waals surface area contributed by atoms with E-state index in [0.717, 1.165) is 0 Å². The number of hydrogen-bond acceptors (Lipinski definition) is 4. The van der Waals surface area contributed by atoms with Crippen LogP contribution in [0.2, 0.25) is 0 Å². The first-order valence-corrected chi connectivity index (χ1v) is 7.37. The lowest BCUT2D eigenvalue weighted by Crippen LogP contribution is -2.52. The molecule has 1 aliphatic heterocycles. The van der Waals surface area contributed by atoms with Gasteiger partial charge in [-0.25, -0.2) is 8.42 Å². The molecule has 0 aromatic heterocycles. The smallest absolute Gasteiger partial charge is 0.247 e. The van der Waals surface area contributed by atoms with Crippen LogP contribution in [-0.4, -0.2) is 45.5 Å². The molecule has 1 saturated heterocycles. The lowest BCUT2D eigenvalue weighted by molar-refractivity contribution is 0.282. The molecular formula is C12H18N2O3S. The molecule has 6 heteroatoms. The molecular weight excluding hydrogens is 252 g/mol. The van der Waals surface area contributed by atoms with Crippen molar-refractivity contribution in [3.8, 4) is 5.75 Å². The Balaban J connectivity index is 2.41. The maximum absolute atomic E-state index is 12.6. The number of ether oxygens (including phenoxy) is 1. The number of hydrogen-bond donors (Lipinski definition) is 1. The molecule has 0 spiro atoms. The van der Waals surface area contributed by atoms with Crippen LogP contribution in [0.1, 0.15) is 6.92 Å². The molecule has 0 aliphatic carbocycles. The Hall–Kier alpha value is -1.11. The van der Waals surface area contributed by atoms with Gasteiger partial charge in [-0.1, -0.05) is 12.1 Å². The average Bonchev–Trinajstić information content (AvgIpc) is 2.39. The first kappa shape index (κ1) is 13.3. The van der Waals surface area contributed by atoms with Crippen LogP contribution in [0, 0.1) is 0 Å². The third-order valence-corrected chi connectivity index (χ3v) is 5.15. The molecule has 1 atom stereocenters. The summed E-state index contributed by atoms with van der Waals surface area (Å²) in [6.45, 7) is 3.74. The van der Waals surface area contributed by atoms with E-state index in [9.17, 15) is 8.42 Å². The molecule has 1 aliphatic rings. The van der Waals surface area contributed by atoms with Gasteiger partial charge in [0.25, 0.3) is 0 Å². The lowest BCUT2D eigenvalue weighted by Gasteiger charge is -2.33. The van der Waals surface area contributed by atoms with Gasteiger partial charge < -0.3 is 10.1 Å². The highest BCUT2D eigenvalue weighted by molar-refractivity contribution is 7.89. The van der Waals surface area contributed by atoms with E-state index < -0.39 is 10.0 Å². The van der Waals surface area contributed by atoms with Crippen molar-refractivity contribution in [1.82, 2.24) is 9.62 Å². The molecule has 1 fully saturated rings. The predicted molar refractivity (Wildman–Crippen MR) is 69.2 cm³/mol. The molecule has 0 bridgehead atoms. The van der Waals surface area contributed by atoms with Crippen LogP contribution in [0.3, 0.4) is 0 Å². The second kappa shape index (κ2) is 5.26. The Labute approximate surface area is 108 Å². The fraction of sp³-hybridized carbons (Fsp3) is 0.500. The van der Waals surface area contributed by atoms with Crippen LogP contribution in [0.25, 0.3) is 0 Å². The van der Waals surface area contributed by atoms with Gasteiger partial charge in [0.15, 0.2) is 0 Å². The van der Waals surface area contributed by atoms with Crippen LogP contribution < -0.4 is 10.1 Å². The van der Waals surface area contributed by atoms with Crippen molar-refractivity contribution in [1.29, 1.82) is 0 Å². The zero-order valence-corrected chi connectivity index (χ0v) is 11.4. The molecule has 1 unspecified atom stereocenters. The van der Waals surface area contributed by atoms with E-state index in [0.29, 0.717) is 25.4 Å². The summed E-state index contributed by atoms with van der Waals surface area (Å²) in [5.74, 6) is 0.392. The third-order valence-electron chi connectivity index (χ3n) is 3.10. The van der Waals surface area contributed by atoms with Crippen LogP contribution in [0.4, 0.5) is 0 Å². The summed E-state index contributed by atoms with van der Waals surface area (Å²) in [6.07, 6.45) is 0. The number of rotatable bonds is 3. The van der Waals surface area contributed by atoms with Gasteiger partial charge in [-0.15, -0.1) is 0 Å². The number of nitrogens with zero attached hydrogens (tertiary/aromatic N) is 1. The molecule has 5 nitrogen and oxygen atoms in total. The number of methoxy groups -OCH3 is 1. The molecule has 0 saturated carbocycles. The van der Waals surface area contributed by atoms with Crippen molar-refractivity contribution in [3.63, 3.8) is 0 Å². The minimum atomic E-state index is -3.49. The zero-order valence-electron chi connectivity index (χ0n) is 10.6. The van der Waals surface area contributed by atoms with E-state index in [1.165, 1.54) is 11.4 Å². The van der Waals surface area contributed by atoms with Crippen molar-refractivity contribution in [2.45, 2.75) is 17.9 Å². The number of benzene rings is 1. The molecule has 1 heterocycles. The van der Waals surface area contributed by atoms with Gasteiger partial charge in [0.1, 0.15) is 10.6 Å². The van der Waals surface area contributed by atoms with Crippen molar-refractivity contribution >= 4 is 10.0 Å². The summed E-state index contributed by atoms with van der Waals surface area (Å²) in [6, 6.07) is 6.68. The fourth-order valence-electron chi connectivity index (χ4n) is 2.14. The van der Waals surface area contributed by atoms with Gasteiger partial charge in [0.05, 0.1) is 7.11 Å². The van der Waals surface area contributed by atoms with Crippen LogP contribution in [0.5, 0.6) is 5.75 Å². The Kier molecular flexibility index (Phi) is 3.89. The molecule has 2 rings (SSSR count). The SMILES string of the molecule is COc1ccccc1S(=O)(=O)N1CCNCC1C. The van der Waals surface area contributed by atoms with Gasteiger partial charge in [0, 0.05) is 25.7 Å². The maximum Gasteiger partial charge on any atom is 0.247 e. The van der Waals surface area contributed by atoms with Crippen LogP contribution in [-0.2, 0) is 10.0 Å². The second-order valence-electron chi connectivity index (χ2n) is 4.32. The monoisotopic (exact) mass is 270 g/mol. The van der Waals surface area contributed by atoms with Crippen molar-refractivity contribution < 1.29 is 13.2 Å². The predicted octanol–water partition coefficient (Wildman–Crippen LogP) is 0.678. The standard InChI is InChI=1S/C12H18N2O3S/c1-10-9-13-7-8-14(10)18(15,16)12-6-4-3-5-11(12)17-2/h3-6,10,13H,7-9H2,1-2H3. The maximum atomic E-state index is 12.6. The fourth-order valence-corrected chi connectivity index (χ4v) is 3.93. The molecule has 1 aromatic rings. The first-order chi connectivity index (χ1) is 8.57. The van der Waals surface area contributed by atoms with Crippen molar-refractivity contribution in [3.05, 3.63) is 24.3 Å². The Bertz CT molecular complexity index is 516. The number of nitrogens with one attached hydrogen (secondary N) is 1. The molecule has 18 heavy (non-hydrogen) atoms. The van der Waals surface area contributed by atoms with Crippen LogP contribution in [0.15, 0.2) is 29.2 Å². The summed E-state index contributed by atoms with van der Waals surface area (Å²) in [5.41, 5.74) is 0. The van der Waals surface area contributed by atoms with E-state index in [1.807, 2.05) is 6.92 Å². The van der Waals surface area contributed by atoms with Gasteiger partial charge in [0.2, 0.25) is 10.0 Å². The normalized spacial score (nSPS) is 21.8. The summed E-state index contributed by atoms with van der Waals surface area (Å²) < 4.78 is 31.9. The highest BCUT2D eigenvalue weighted by Crippen LogP contribution is 2.27. The summed E-state index contributed by atoms with van der Waals surface area (Å²) in [7, 11) is -2.00. The Morgan fingerprint density at radius 1 is 1.39 bits per heavy atom. The van der Waals surface area contributed by atoms with Gasteiger partial charge in [-0.05, 0) is 19.1 Å². The summed E-state index contributed by atoms with van der Waals surface area (Å²) in [5, 5.41) is 3.18. The third kappa shape index (κ3) is 2.36. The minimum Gasteiger partial charge on any atom is -0.495 e. The van der Waals surface area contributed by atoms with E-state index in [4.69, 9.17) is 4.74 Å². The second-order valence-corrected chi connectivity index (χ2v) is 6.18. The van der Waals surface area contributed by atoms with E-state index in [1.54, 1.807) is 24.3 Å². The highest BCUT2D eigenvalue weighted by Gasteiger charge is 2.32. The van der Waals surface area contributed by atoms with Crippen molar-refractivity contribution in [2.75, 3.05) is 26.7 Å². The lowest BCUT2D eigenvalue weighted by atomic mass is 10.3. The molecule has 1 N–H and O–H groups in total. The van der Waals surface area contributed by atoms with Crippen LogP contribution >= 0.6 is 0 Å². The van der Waals surface area contributed by atoms with E-state index >= 15 is 0 Å². The van der Waals surface area contributed by atoms with Gasteiger partial charge in [-0.3, -0.25) is 0 Å². The number of sulfonamides is 1. The minimum absolute atomic E-state index is 0.0475. The average molecular weight is 270 g/mol. The van der Waals surface area contributed by atoms with E-state index in [2.05, 4.69) is 5.32 Å². The topological polar surface area (TPSA) is 58.6 Å². The van der Waals surface area contributed by atoms with Gasteiger partial charge >= 0.3 is 0 Å². The molecule has 0 amide bonds. The number of para-hydroxylation sites is 1. The summed E-state index contributed by atoms with van der Waals surface area (Å²) >= 11 is 0. The Morgan fingerprint density at radius 2 is 2.11 bits per heavy atom. The molecule has 1 aromatic carbocycles. The first-order valence-electron chi connectivity index (χ1n) is 5.93. The Morgan fingerprint density at radius 3 is 2.78 bits per heavy atom.